The average molecular weight is 244 g/mol. The lowest BCUT2D eigenvalue weighted by Gasteiger charge is -2.38. The van der Waals surface area contributed by atoms with E-state index in [0.29, 0.717) is 18.7 Å². The van der Waals surface area contributed by atoms with E-state index in [9.17, 15) is 9.90 Å². The number of methoxy groups -OCH3 is 1. The Labute approximate surface area is 100 Å². The number of nitrogens with one attached hydrogen (secondary N) is 1. The van der Waals surface area contributed by atoms with E-state index in [1.54, 1.807) is 24.3 Å². The second kappa shape index (κ2) is 4.82. The molecule has 0 aromatic heterocycles. The Morgan fingerprint density at radius 3 is 2.31 bits per heavy atom. The van der Waals surface area contributed by atoms with Crippen LogP contribution in [0.2, 0.25) is 0 Å². The highest BCUT2D eigenvalue weighted by Crippen LogP contribution is 2.25. The molecule has 16 heavy (non-hydrogen) atoms. The van der Waals surface area contributed by atoms with E-state index in [1.807, 2.05) is 0 Å². The lowest BCUT2D eigenvalue weighted by Crippen LogP contribution is -2.56. The molecule has 1 heterocycles. The average Bonchev–Trinajstić information content (AvgIpc) is 2.25. The van der Waals surface area contributed by atoms with Gasteiger partial charge in [-0.25, -0.2) is 4.79 Å². The van der Waals surface area contributed by atoms with E-state index in [1.165, 1.54) is 7.11 Å². The zero-order valence-electron chi connectivity index (χ0n) is 8.90. The fourth-order valence-electron chi connectivity index (χ4n) is 1.60. The summed E-state index contributed by atoms with van der Waals surface area (Å²) in [6.45, 7) is 1.12. The summed E-state index contributed by atoms with van der Waals surface area (Å²) in [6, 6.07) is 6.84. The number of aliphatic hydroxyl groups is 1. The number of esters is 1. The maximum atomic E-state index is 11.2. The van der Waals surface area contributed by atoms with Crippen molar-refractivity contribution in [2.75, 3.05) is 20.2 Å². The highest BCUT2D eigenvalue weighted by atomic mass is 35.5. The Bertz CT molecular complexity index is 373. The van der Waals surface area contributed by atoms with E-state index in [4.69, 9.17) is 0 Å². The number of hydrogen-bond donors (Lipinski definition) is 2. The quantitative estimate of drug-likeness (QED) is 0.751. The molecule has 0 saturated carbocycles. The van der Waals surface area contributed by atoms with Gasteiger partial charge in [-0.2, -0.15) is 0 Å². The molecule has 1 aliphatic rings. The predicted molar refractivity (Wildman–Crippen MR) is 61.8 cm³/mol. The van der Waals surface area contributed by atoms with Crippen LogP contribution < -0.4 is 5.32 Å². The fraction of sp³-hybridized carbons (Fsp3) is 0.364. The van der Waals surface area contributed by atoms with Crippen molar-refractivity contribution in [3.05, 3.63) is 35.4 Å². The molecule has 0 spiro atoms. The van der Waals surface area contributed by atoms with Gasteiger partial charge in [0.15, 0.2) is 0 Å². The molecular formula is C11H14ClNO3. The van der Waals surface area contributed by atoms with Crippen LogP contribution in [0, 0.1) is 0 Å². The van der Waals surface area contributed by atoms with Crippen LogP contribution in [0.1, 0.15) is 15.9 Å². The third-order valence-electron chi connectivity index (χ3n) is 2.68. The fourth-order valence-corrected chi connectivity index (χ4v) is 1.60. The first-order valence-electron chi connectivity index (χ1n) is 4.78. The standard InChI is InChI=1S/C11H13NO3.ClH/c1-15-10(13)8-2-4-9(5-3-8)11(14)6-12-7-11;/h2-5,12,14H,6-7H2,1H3;1H. The SMILES string of the molecule is COC(=O)c1ccc(C2(O)CNC2)cc1.Cl. The lowest BCUT2D eigenvalue weighted by atomic mass is 9.88. The molecule has 0 radical (unpaired) electrons. The minimum Gasteiger partial charge on any atom is -0.465 e. The Hall–Kier alpha value is -1.10. The molecule has 0 unspecified atom stereocenters. The molecule has 0 aliphatic carbocycles. The summed E-state index contributed by atoms with van der Waals surface area (Å²) in [5, 5.41) is 13.0. The maximum Gasteiger partial charge on any atom is 0.337 e. The van der Waals surface area contributed by atoms with Crippen molar-refractivity contribution in [2.45, 2.75) is 5.60 Å². The second-order valence-corrected chi connectivity index (χ2v) is 3.70. The number of β-amino-alcohol motifs (C(OH)–C–C–N with tert-alkyl or cyclic N) is 1. The van der Waals surface area contributed by atoms with Gasteiger partial charge in [0.2, 0.25) is 0 Å². The van der Waals surface area contributed by atoms with Gasteiger partial charge in [0.05, 0.1) is 12.7 Å². The molecule has 0 bridgehead atoms. The summed E-state index contributed by atoms with van der Waals surface area (Å²) in [5.74, 6) is -0.361. The van der Waals surface area contributed by atoms with Crippen LogP contribution in [0.15, 0.2) is 24.3 Å². The molecule has 1 saturated heterocycles. The summed E-state index contributed by atoms with van der Waals surface area (Å²) in [5.41, 5.74) is 0.556. The number of carbonyl (C=O) groups excluding carboxylic acids is 1. The van der Waals surface area contributed by atoms with Crippen LogP contribution >= 0.6 is 12.4 Å². The molecule has 1 fully saturated rings. The summed E-state index contributed by atoms with van der Waals surface area (Å²) in [7, 11) is 1.35. The second-order valence-electron chi connectivity index (χ2n) is 3.70. The molecule has 2 rings (SSSR count). The topological polar surface area (TPSA) is 58.6 Å². The number of hydrogen-bond acceptors (Lipinski definition) is 4. The van der Waals surface area contributed by atoms with Crippen LogP contribution in [0.25, 0.3) is 0 Å². The molecule has 5 heteroatoms. The van der Waals surface area contributed by atoms with Crippen LogP contribution in [0.3, 0.4) is 0 Å². The summed E-state index contributed by atoms with van der Waals surface area (Å²) < 4.78 is 4.59. The highest BCUT2D eigenvalue weighted by Gasteiger charge is 2.35. The summed E-state index contributed by atoms with van der Waals surface area (Å²) >= 11 is 0. The molecule has 0 atom stereocenters. The van der Waals surface area contributed by atoms with Gasteiger partial charge in [-0.1, -0.05) is 12.1 Å². The Balaban J connectivity index is 0.00000128. The Morgan fingerprint density at radius 2 is 1.94 bits per heavy atom. The molecule has 1 aliphatic heterocycles. The van der Waals surface area contributed by atoms with Crippen molar-refractivity contribution in [2.24, 2.45) is 0 Å². The lowest BCUT2D eigenvalue weighted by molar-refractivity contribution is -0.0146. The highest BCUT2D eigenvalue weighted by molar-refractivity contribution is 5.89. The van der Waals surface area contributed by atoms with Gasteiger partial charge in [-0.15, -0.1) is 12.4 Å². The van der Waals surface area contributed by atoms with E-state index >= 15 is 0 Å². The van der Waals surface area contributed by atoms with Gasteiger partial charge < -0.3 is 15.2 Å². The number of ether oxygens (including phenoxy) is 1. The Morgan fingerprint density at radius 1 is 1.38 bits per heavy atom. The Kier molecular flexibility index (Phi) is 3.91. The normalized spacial score (nSPS) is 16.9. The van der Waals surface area contributed by atoms with E-state index in [-0.39, 0.29) is 18.4 Å². The number of carbonyl (C=O) groups is 1. The van der Waals surface area contributed by atoms with E-state index in [0.717, 1.165) is 5.56 Å². The van der Waals surface area contributed by atoms with Crippen molar-refractivity contribution in [3.63, 3.8) is 0 Å². The molecular weight excluding hydrogens is 230 g/mol. The molecule has 0 amide bonds. The zero-order valence-corrected chi connectivity index (χ0v) is 9.71. The van der Waals surface area contributed by atoms with Gasteiger partial charge in [-0.3, -0.25) is 0 Å². The van der Waals surface area contributed by atoms with E-state index in [2.05, 4.69) is 10.1 Å². The first-order valence-corrected chi connectivity index (χ1v) is 4.78. The summed E-state index contributed by atoms with van der Waals surface area (Å²) in [6.07, 6.45) is 0. The minimum atomic E-state index is -0.769. The van der Waals surface area contributed by atoms with Crippen molar-refractivity contribution in [1.82, 2.24) is 5.32 Å². The third kappa shape index (κ3) is 2.19. The van der Waals surface area contributed by atoms with Gasteiger partial charge >= 0.3 is 5.97 Å². The molecule has 4 nitrogen and oxygen atoms in total. The minimum absolute atomic E-state index is 0. The van der Waals surface area contributed by atoms with Crippen molar-refractivity contribution in [3.8, 4) is 0 Å². The third-order valence-corrected chi connectivity index (χ3v) is 2.68. The van der Waals surface area contributed by atoms with Crippen molar-refractivity contribution >= 4 is 18.4 Å². The first kappa shape index (κ1) is 13.0. The van der Waals surface area contributed by atoms with Crippen LogP contribution in [-0.2, 0) is 10.3 Å². The molecule has 1 aromatic carbocycles. The number of rotatable bonds is 2. The number of benzene rings is 1. The van der Waals surface area contributed by atoms with E-state index < -0.39 is 5.60 Å². The predicted octanol–water partition coefficient (Wildman–Crippen LogP) is 0.686. The zero-order chi connectivity index (χ0) is 10.9. The van der Waals surface area contributed by atoms with Gasteiger partial charge in [0.1, 0.15) is 5.60 Å². The molecule has 2 N–H and O–H groups in total. The van der Waals surface area contributed by atoms with Crippen LogP contribution in [-0.4, -0.2) is 31.3 Å². The maximum absolute atomic E-state index is 11.2. The van der Waals surface area contributed by atoms with Crippen molar-refractivity contribution < 1.29 is 14.6 Å². The summed E-state index contributed by atoms with van der Waals surface area (Å²) in [4.78, 5) is 11.2. The smallest absolute Gasteiger partial charge is 0.337 e. The number of halogens is 1. The van der Waals surface area contributed by atoms with Gasteiger partial charge in [0, 0.05) is 13.1 Å². The van der Waals surface area contributed by atoms with Crippen LogP contribution in [0.4, 0.5) is 0 Å². The monoisotopic (exact) mass is 243 g/mol. The van der Waals surface area contributed by atoms with Gasteiger partial charge in [0.25, 0.3) is 0 Å². The molecule has 88 valence electrons. The van der Waals surface area contributed by atoms with Crippen molar-refractivity contribution in [1.29, 1.82) is 0 Å². The first-order chi connectivity index (χ1) is 7.15. The van der Waals surface area contributed by atoms with Crippen LogP contribution in [0.5, 0.6) is 0 Å². The molecule has 1 aromatic rings. The van der Waals surface area contributed by atoms with Gasteiger partial charge in [-0.05, 0) is 17.7 Å². The largest absolute Gasteiger partial charge is 0.465 e.